The lowest BCUT2D eigenvalue weighted by atomic mass is 10.1. The summed E-state index contributed by atoms with van der Waals surface area (Å²) in [6, 6.07) is 4.46. The first kappa shape index (κ1) is 15.6. The largest absolute Gasteiger partial charge is 0.368 e. The van der Waals surface area contributed by atoms with Crippen molar-refractivity contribution >= 4 is 27.7 Å². The summed E-state index contributed by atoms with van der Waals surface area (Å²) in [7, 11) is 0. The van der Waals surface area contributed by atoms with E-state index in [0.29, 0.717) is 6.54 Å². The molecule has 2 amide bonds. The molecule has 104 valence electrons. The summed E-state index contributed by atoms with van der Waals surface area (Å²) in [5.41, 5.74) is 5.04. The van der Waals surface area contributed by atoms with Crippen molar-refractivity contribution in [3.05, 3.63) is 34.1 Å². The number of nitrogens with zero attached hydrogens (tertiary/aromatic N) is 1. The second-order valence-electron chi connectivity index (χ2n) is 4.65. The molecular formula is C13H16BrFN2O2. The Bertz CT molecular complexity index is 492. The van der Waals surface area contributed by atoms with Crippen LogP contribution < -0.4 is 5.73 Å². The van der Waals surface area contributed by atoms with Crippen molar-refractivity contribution in [1.82, 2.24) is 4.90 Å². The molecule has 0 atom stereocenters. The molecule has 0 saturated carbocycles. The third-order valence-corrected chi connectivity index (χ3v) is 3.01. The molecule has 0 aliphatic heterocycles. The fourth-order valence-corrected chi connectivity index (χ4v) is 2.05. The van der Waals surface area contributed by atoms with Crippen LogP contribution in [0.4, 0.5) is 4.39 Å². The van der Waals surface area contributed by atoms with Crippen molar-refractivity contribution in [1.29, 1.82) is 0 Å². The molecule has 0 bridgehead atoms. The maximum absolute atomic E-state index is 13.9. The summed E-state index contributed by atoms with van der Waals surface area (Å²) in [6.07, 6.45) is 0. The van der Waals surface area contributed by atoms with E-state index in [2.05, 4.69) is 15.9 Å². The predicted molar refractivity (Wildman–Crippen MR) is 74.0 cm³/mol. The van der Waals surface area contributed by atoms with Gasteiger partial charge in [-0.15, -0.1) is 0 Å². The molecule has 0 spiro atoms. The number of halogens is 2. The summed E-state index contributed by atoms with van der Waals surface area (Å²) in [5, 5.41) is 0. The van der Waals surface area contributed by atoms with E-state index < -0.39 is 17.6 Å². The van der Waals surface area contributed by atoms with Gasteiger partial charge in [-0.25, -0.2) is 4.39 Å². The van der Waals surface area contributed by atoms with Crippen molar-refractivity contribution in [3.8, 4) is 0 Å². The van der Waals surface area contributed by atoms with E-state index in [0.717, 1.165) is 0 Å². The van der Waals surface area contributed by atoms with Gasteiger partial charge in [0.2, 0.25) is 5.91 Å². The molecule has 19 heavy (non-hydrogen) atoms. The molecule has 4 nitrogen and oxygen atoms in total. The highest BCUT2D eigenvalue weighted by Gasteiger charge is 2.22. The van der Waals surface area contributed by atoms with Crippen molar-refractivity contribution in [2.45, 2.75) is 13.8 Å². The van der Waals surface area contributed by atoms with Crippen LogP contribution in [-0.4, -0.2) is 29.8 Å². The fourth-order valence-electron chi connectivity index (χ4n) is 1.69. The van der Waals surface area contributed by atoms with Gasteiger partial charge in [0.05, 0.1) is 16.6 Å². The van der Waals surface area contributed by atoms with Gasteiger partial charge in [-0.3, -0.25) is 9.59 Å². The van der Waals surface area contributed by atoms with E-state index >= 15 is 0 Å². The number of hydrogen-bond donors (Lipinski definition) is 1. The number of carbonyl (C=O) groups excluding carboxylic acids is 2. The Labute approximate surface area is 119 Å². The number of rotatable bonds is 5. The highest BCUT2D eigenvalue weighted by Crippen LogP contribution is 2.20. The van der Waals surface area contributed by atoms with Crippen LogP contribution in [-0.2, 0) is 4.79 Å². The number of primary amides is 1. The number of benzene rings is 1. The summed E-state index contributed by atoms with van der Waals surface area (Å²) in [6.45, 7) is 3.92. The fraction of sp³-hybridized carbons (Fsp3) is 0.385. The minimum absolute atomic E-state index is 0.0729. The van der Waals surface area contributed by atoms with E-state index in [1.165, 1.54) is 17.0 Å². The smallest absolute Gasteiger partial charge is 0.257 e. The summed E-state index contributed by atoms with van der Waals surface area (Å²) in [5.74, 6) is -1.64. The lowest BCUT2D eigenvalue weighted by molar-refractivity contribution is -0.118. The van der Waals surface area contributed by atoms with E-state index in [4.69, 9.17) is 5.73 Å². The third-order valence-electron chi connectivity index (χ3n) is 2.40. The number of hydrogen-bond acceptors (Lipinski definition) is 2. The molecule has 0 aliphatic rings. The molecule has 1 rings (SSSR count). The SMILES string of the molecule is CC(C)CN(CC(N)=O)C(=O)c1cccc(Br)c1F. The summed E-state index contributed by atoms with van der Waals surface area (Å²) >= 11 is 3.03. The zero-order valence-corrected chi connectivity index (χ0v) is 12.4. The molecule has 0 fully saturated rings. The molecule has 2 N–H and O–H groups in total. The molecule has 0 radical (unpaired) electrons. The first-order valence-electron chi connectivity index (χ1n) is 5.84. The number of amides is 2. The topological polar surface area (TPSA) is 63.4 Å². The third kappa shape index (κ3) is 4.31. The first-order chi connectivity index (χ1) is 8.82. The van der Waals surface area contributed by atoms with Crippen LogP contribution in [0.3, 0.4) is 0 Å². The Morgan fingerprint density at radius 1 is 1.42 bits per heavy atom. The molecule has 0 aromatic heterocycles. The van der Waals surface area contributed by atoms with Crippen molar-refractivity contribution < 1.29 is 14.0 Å². The van der Waals surface area contributed by atoms with Gasteiger partial charge in [-0.05, 0) is 34.0 Å². The highest BCUT2D eigenvalue weighted by molar-refractivity contribution is 9.10. The van der Waals surface area contributed by atoms with Crippen LogP contribution in [0.2, 0.25) is 0 Å². The Morgan fingerprint density at radius 2 is 2.05 bits per heavy atom. The number of nitrogens with two attached hydrogens (primary N) is 1. The van der Waals surface area contributed by atoms with Crippen molar-refractivity contribution in [2.24, 2.45) is 11.7 Å². The minimum atomic E-state index is -0.634. The van der Waals surface area contributed by atoms with Crippen LogP contribution >= 0.6 is 15.9 Å². The molecule has 0 aliphatic carbocycles. The molecule has 0 unspecified atom stereocenters. The maximum atomic E-state index is 13.9. The highest BCUT2D eigenvalue weighted by atomic mass is 79.9. The quantitative estimate of drug-likeness (QED) is 0.899. The Morgan fingerprint density at radius 3 is 2.58 bits per heavy atom. The second-order valence-corrected chi connectivity index (χ2v) is 5.50. The van der Waals surface area contributed by atoms with E-state index in [1.54, 1.807) is 6.07 Å². The van der Waals surface area contributed by atoms with Crippen LogP contribution in [0.25, 0.3) is 0 Å². The lowest BCUT2D eigenvalue weighted by Crippen LogP contribution is -2.40. The predicted octanol–water partition coefficient (Wildman–Crippen LogP) is 2.17. The minimum Gasteiger partial charge on any atom is -0.368 e. The normalized spacial score (nSPS) is 10.6. The van der Waals surface area contributed by atoms with Gasteiger partial charge in [0.1, 0.15) is 5.82 Å². The van der Waals surface area contributed by atoms with Gasteiger partial charge in [0.25, 0.3) is 5.91 Å². The zero-order valence-electron chi connectivity index (χ0n) is 10.8. The standard InChI is InChI=1S/C13H16BrFN2O2/c1-8(2)6-17(7-11(16)18)13(19)9-4-3-5-10(14)12(9)15/h3-5,8H,6-7H2,1-2H3,(H2,16,18). The zero-order chi connectivity index (χ0) is 14.6. The number of carbonyl (C=O) groups is 2. The molecule has 0 saturated heterocycles. The van der Waals surface area contributed by atoms with Gasteiger partial charge in [-0.2, -0.15) is 0 Å². The monoisotopic (exact) mass is 330 g/mol. The lowest BCUT2D eigenvalue weighted by Gasteiger charge is -2.23. The molecular weight excluding hydrogens is 315 g/mol. The van der Waals surface area contributed by atoms with Gasteiger partial charge >= 0.3 is 0 Å². The average molecular weight is 331 g/mol. The van der Waals surface area contributed by atoms with E-state index in [-0.39, 0.29) is 22.5 Å². The van der Waals surface area contributed by atoms with E-state index in [1.807, 2.05) is 13.8 Å². The van der Waals surface area contributed by atoms with Crippen molar-refractivity contribution in [3.63, 3.8) is 0 Å². The first-order valence-corrected chi connectivity index (χ1v) is 6.63. The molecule has 1 aromatic carbocycles. The molecule has 6 heteroatoms. The summed E-state index contributed by atoms with van der Waals surface area (Å²) in [4.78, 5) is 24.5. The molecule has 1 aromatic rings. The maximum Gasteiger partial charge on any atom is 0.257 e. The Balaban J connectivity index is 3.04. The summed E-state index contributed by atoms with van der Waals surface area (Å²) < 4.78 is 14.1. The van der Waals surface area contributed by atoms with Crippen LogP contribution in [0.1, 0.15) is 24.2 Å². The average Bonchev–Trinajstić information content (AvgIpc) is 2.30. The molecule has 0 heterocycles. The van der Waals surface area contributed by atoms with Crippen LogP contribution in [0.15, 0.2) is 22.7 Å². The van der Waals surface area contributed by atoms with E-state index in [9.17, 15) is 14.0 Å². The van der Waals surface area contributed by atoms with Crippen LogP contribution in [0.5, 0.6) is 0 Å². The van der Waals surface area contributed by atoms with Gasteiger partial charge < -0.3 is 10.6 Å². The second kappa shape index (κ2) is 6.65. The van der Waals surface area contributed by atoms with Gasteiger partial charge in [0.15, 0.2) is 0 Å². The van der Waals surface area contributed by atoms with Gasteiger partial charge in [0, 0.05) is 6.54 Å². The Hall–Kier alpha value is -1.43. The van der Waals surface area contributed by atoms with Crippen LogP contribution in [0, 0.1) is 11.7 Å². The van der Waals surface area contributed by atoms with Crippen molar-refractivity contribution in [2.75, 3.05) is 13.1 Å². The van der Waals surface area contributed by atoms with Gasteiger partial charge in [-0.1, -0.05) is 19.9 Å². The Kier molecular flexibility index (Phi) is 5.47.